The Morgan fingerprint density at radius 1 is 1.24 bits per heavy atom. The van der Waals surface area contributed by atoms with E-state index in [4.69, 9.17) is 21.1 Å². The van der Waals surface area contributed by atoms with Crippen molar-refractivity contribution in [3.8, 4) is 0 Å². The Balaban J connectivity index is 3.35. The molecule has 0 unspecified atom stereocenters. The highest BCUT2D eigenvalue weighted by atomic mass is 35.5. The lowest BCUT2D eigenvalue weighted by Crippen LogP contribution is -2.38. The molecule has 0 fully saturated rings. The Hall–Kier alpha value is -2.35. The van der Waals surface area contributed by atoms with Crippen molar-refractivity contribution in [2.24, 2.45) is 0 Å². The van der Waals surface area contributed by atoms with Crippen LogP contribution in [0.25, 0.3) is 0 Å². The molecule has 9 heteroatoms. The van der Waals surface area contributed by atoms with Gasteiger partial charge in [0.15, 0.2) is 0 Å². The third kappa shape index (κ3) is 4.06. The number of nitro benzene ring substituents is 1. The number of carbonyl (C=O) groups is 2. The summed E-state index contributed by atoms with van der Waals surface area (Å²) in [4.78, 5) is 34.5. The first-order valence-corrected chi connectivity index (χ1v) is 6.37. The summed E-state index contributed by atoms with van der Waals surface area (Å²) < 4.78 is 9.44. The van der Waals surface area contributed by atoms with E-state index < -0.39 is 22.8 Å². The van der Waals surface area contributed by atoms with Crippen LogP contribution in [0.2, 0.25) is 5.02 Å². The molecule has 21 heavy (non-hydrogen) atoms. The molecule has 0 spiro atoms. The number of benzene rings is 1. The van der Waals surface area contributed by atoms with Crippen LogP contribution < -0.4 is 4.90 Å². The number of carbonyl (C=O) groups excluding carboxylic acids is 2. The molecule has 0 saturated carbocycles. The molecule has 0 atom stereocenters. The van der Waals surface area contributed by atoms with Crippen molar-refractivity contribution in [1.82, 2.24) is 0 Å². The number of amides is 2. The number of anilines is 1. The summed E-state index contributed by atoms with van der Waals surface area (Å²) in [5.41, 5.74) is -0.787. The number of halogens is 1. The van der Waals surface area contributed by atoms with Gasteiger partial charge in [0.05, 0.1) is 18.1 Å². The Bertz CT molecular complexity index is 545. The molecule has 2 amide bonds. The lowest BCUT2D eigenvalue weighted by Gasteiger charge is -2.19. The van der Waals surface area contributed by atoms with Crippen molar-refractivity contribution < 1.29 is 24.0 Å². The van der Waals surface area contributed by atoms with Gasteiger partial charge in [0.25, 0.3) is 5.69 Å². The number of rotatable bonds is 4. The van der Waals surface area contributed by atoms with E-state index >= 15 is 0 Å². The van der Waals surface area contributed by atoms with Gasteiger partial charge in [-0.05, 0) is 26.0 Å². The Kier molecular flexibility index (Phi) is 5.92. The van der Waals surface area contributed by atoms with Crippen molar-refractivity contribution in [3.63, 3.8) is 0 Å². The minimum atomic E-state index is -1.07. The van der Waals surface area contributed by atoms with Crippen LogP contribution >= 0.6 is 11.6 Å². The Labute approximate surface area is 125 Å². The summed E-state index contributed by atoms with van der Waals surface area (Å²) in [5, 5.41) is 11.2. The highest BCUT2D eigenvalue weighted by Crippen LogP contribution is 2.32. The first-order chi connectivity index (χ1) is 9.92. The van der Waals surface area contributed by atoms with Crippen LogP contribution in [0, 0.1) is 10.1 Å². The van der Waals surface area contributed by atoms with Gasteiger partial charge in [0.1, 0.15) is 5.69 Å². The monoisotopic (exact) mass is 316 g/mol. The molecule has 0 saturated heterocycles. The number of nitro groups is 1. The molecular formula is C12H13ClN2O6. The number of hydrogen-bond donors (Lipinski definition) is 0. The fourth-order valence-electron chi connectivity index (χ4n) is 1.48. The van der Waals surface area contributed by atoms with Crippen molar-refractivity contribution >= 4 is 35.2 Å². The summed E-state index contributed by atoms with van der Waals surface area (Å²) >= 11 is 5.69. The largest absolute Gasteiger partial charge is 0.449 e. The molecule has 0 aliphatic heterocycles. The predicted molar refractivity (Wildman–Crippen MR) is 74.6 cm³/mol. The van der Waals surface area contributed by atoms with E-state index in [-0.39, 0.29) is 23.9 Å². The van der Waals surface area contributed by atoms with Gasteiger partial charge in [-0.25, -0.2) is 9.59 Å². The normalized spacial score (nSPS) is 9.86. The van der Waals surface area contributed by atoms with Crippen LogP contribution in [0.1, 0.15) is 13.8 Å². The van der Waals surface area contributed by atoms with Gasteiger partial charge in [0.2, 0.25) is 0 Å². The summed E-state index contributed by atoms with van der Waals surface area (Å²) in [7, 11) is 0. The molecular weight excluding hydrogens is 304 g/mol. The number of ether oxygens (including phenoxy) is 2. The van der Waals surface area contributed by atoms with Crippen LogP contribution in [0.4, 0.5) is 21.0 Å². The van der Waals surface area contributed by atoms with Crippen LogP contribution in [-0.2, 0) is 9.47 Å². The van der Waals surface area contributed by atoms with E-state index in [9.17, 15) is 19.7 Å². The molecule has 8 nitrogen and oxygen atoms in total. The van der Waals surface area contributed by atoms with Gasteiger partial charge in [0, 0.05) is 11.1 Å². The van der Waals surface area contributed by atoms with Crippen molar-refractivity contribution in [2.75, 3.05) is 18.1 Å². The molecule has 1 aromatic carbocycles. The van der Waals surface area contributed by atoms with Crippen molar-refractivity contribution in [1.29, 1.82) is 0 Å². The molecule has 0 bridgehead atoms. The van der Waals surface area contributed by atoms with Crippen LogP contribution in [0.15, 0.2) is 18.2 Å². The SMILES string of the molecule is CCOC(=O)N(C(=O)OCC)c1ccc(Cl)cc1[N+](=O)[O-]. The molecule has 0 aliphatic rings. The van der Waals surface area contributed by atoms with Crippen molar-refractivity contribution in [3.05, 3.63) is 33.3 Å². The van der Waals surface area contributed by atoms with Crippen LogP contribution in [0.3, 0.4) is 0 Å². The van der Waals surface area contributed by atoms with Gasteiger partial charge >= 0.3 is 12.2 Å². The summed E-state index contributed by atoms with van der Waals surface area (Å²) in [5.74, 6) is 0. The zero-order valence-electron chi connectivity index (χ0n) is 11.4. The average Bonchev–Trinajstić information content (AvgIpc) is 2.41. The summed E-state index contributed by atoms with van der Waals surface area (Å²) in [6.07, 6.45) is -2.14. The van der Waals surface area contributed by atoms with Gasteiger partial charge in [-0.1, -0.05) is 11.6 Å². The molecule has 114 valence electrons. The van der Waals surface area contributed by atoms with Gasteiger partial charge in [-0.2, -0.15) is 4.90 Å². The van der Waals surface area contributed by atoms with Gasteiger partial charge in [-0.3, -0.25) is 10.1 Å². The van der Waals surface area contributed by atoms with E-state index in [0.29, 0.717) is 4.90 Å². The zero-order chi connectivity index (χ0) is 16.0. The van der Waals surface area contributed by atoms with Crippen LogP contribution in [0.5, 0.6) is 0 Å². The quantitative estimate of drug-likeness (QED) is 0.623. The van der Waals surface area contributed by atoms with E-state index in [2.05, 4.69) is 0 Å². The zero-order valence-corrected chi connectivity index (χ0v) is 12.1. The summed E-state index contributed by atoms with van der Waals surface area (Å²) in [6, 6.07) is 3.52. The standard InChI is InChI=1S/C12H13ClN2O6/c1-3-20-11(16)14(12(17)21-4-2)9-6-5-8(13)7-10(9)15(18)19/h5-7H,3-4H2,1-2H3. The fourth-order valence-corrected chi connectivity index (χ4v) is 1.65. The first kappa shape index (κ1) is 16.7. The van der Waals surface area contributed by atoms with E-state index in [0.717, 1.165) is 6.07 Å². The van der Waals surface area contributed by atoms with E-state index in [1.54, 1.807) is 0 Å². The van der Waals surface area contributed by atoms with E-state index in [1.165, 1.54) is 26.0 Å². The van der Waals surface area contributed by atoms with Crippen molar-refractivity contribution in [2.45, 2.75) is 13.8 Å². The Morgan fingerprint density at radius 2 is 1.76 bits per heavy atom. The second-order valence-electron chi connectivity index (χ2n) is 3.62. The Morgan fingerprint density at radius 3 is 2.19 bits per heavy atom. The van der Waals surface area contributed by atoms with E-state index in [1.807, 2.05) is 0 Å². The molecule has 0 radical (unpaired) electrons. The topological polar surface area (TPSA) is 99.0 Å². The number of imide groups is 1. The third-order valence-corrected chi connectivity index (χ3v) is 2.51. The maximum Gasteiger partial charge on any atom is 0.424 e. The smallest absolute Gasteiger partial charge is 0.424 e. The number of nitrogens with zero attached hydrogens (tertiary/aromatic N) is 2. The highest BCUT2D eigenvalue weighted by Gasteiger charge is 2.32. The van der Waals surface area contributed by atoms with Crippen LogP contribution in [-0.4, -0.2) is 30.3 Å². The first-order valence-electron chi connectivity index (χ1n) is 5.99. The fraction of sp³-hybridized carbons (Fsp3) is 0.333. The molecule has 0 aliphatic carbocycles. The maximum absolute atomic E-state index is 11.9. The minimum Gasteiger partial charge on any atom is -0.449 e. The molecule has 0 aromatic heterocycles. The minimum absolute atomic E-state index is 0.00384. The molecule has 0 heterocycles. The third-order valence-electron chi connectivity index (χ3n) is 2.28. The maximum atomic E-state index is 11.9. The lowest BCUT2D eigenvalue weighted by molar-refractivity contribution is -0.384. The predicted octanol–water partition coefficient (Wildman–Crippen LogP) is 3.37. The van der Waals surface area contributed by atoms with Gasteiger partial charge < -0.3 is 9.47 Å². The summed E-state index contributed by atoms with van der Waals surface area (Å²) in [6.45, 7) is 3.07. The second kappa shape index (κ2) is 7.44. The molecule has 1 aromatic rings. The number of hydrogen-bond acceptors (Lipinski definition) is 6. The molecule has 1 rings (SSSR count). The second-order valence-corrected chi connectivity index (χ2v) is 4.06. The average molecular weight is 317 g/mol. The van der Waals surface area contributed by atoms with Gasteiger partial charge in [-0.15, -0.1) is 0 Å². The molecule has 0 N–H and O–H groups in total. The highest BCUT2D eigenvalue weighted by molar-refractivity contribution is 6.31. The lowest BCUT2D eigenvalue weighted by atomic mass is 10.2.